The zero-order valence-electron chi connectivity index (χ0n) is 13.6. The van der Waals surface area contributed by atoms with E-state index in [4.69, 9.17) is 9.47 Å². The molecule has 0 atom stereocenters. The van der Waals surface area contributed by atoms with Gasteiger partial charge in [-0.1, -0.05) is 12.1 Å². The summed E-state index contributed by atoms with van der Waals surface area (Å²) in [5.41, 5.74) is 0.990. The number of methoxy groups -OCH3 is 2. The van der Waals surface area contributed by atoms with Gasteiger partial charge in [-0.25, -0.2) is 0 Å². The molecule has 1 aromatic carbocycles. The fourth-order valence-electron chi connectivity index (χ4n) is 1.96. The fraction of sp³-hybridized carbons (Fsp3) is 0.375. The molecule has 1 heterocycles. The molecule has 5 nitrogen and oxygen atoms in total. The lowest BCUT2D eigenvalue weighted by atomic mass is 10.2. The van der Waals surface area contributed by atoms with E-state index in [0.29, 0.717) is 16.6 Å². The molecule has 124 valence electrons. The van der Waals surface area contributed by atoms with E-state index in [1.165, 1.54) is 16.7 Å². The molecule has 0 unspecified atom stereocenters. The van der Waals surface area contributed by atoms with Crippen LogP contribution in [0.2, 0.25) is 0 Å². The molecule has 0 saturated carbocycles. The minimum absolute atomic E-state index is 0.211. The highest BCUT2D eigenvalue weighted by Gasteiger charge is 2.25. The van der Waals surface area contributed by atoms with Crippen molar-refractivity contribution in [1.82, 2.24) is 4.90 Å². The van der Waals surface area contributed by atoms with Crippen LogP contribution in [0.4, 0.5) is 0 Å². The van der Waals surface area contributed by atoms with Crippen molar-refractivity contribution in [1.29, 1.82) is 0 Å². The molecule has 0 bridgehead atoms. The van der Waals surface area contributed by atoms with Gasteiger partial charge in [-0.05, 0) is 41.8 Å². The molecule has 0 saturated heterocycles. The second-order valence-electron chi connectivity index (χ2n) is 4.86. The van der Waals surface area contributed by atoms with E-state index >= 15 is 0 Å². The molecular weight excluding hydrogens is 332 g/mol. The summed E-state index contributed by atoms with van der Waals surface area (Å²) in [7, 11) is 5.03. The molecule has 0 aliphatic carbocycles. The molecule has 0 fully saturated rings. The quantitative estimate of drug-likeness (QED) is 0.446. The maximum Gasteiger partial charge on any atom is 0.286 e. The lowest BCUT2D eigenvalue weighted by molar-refractivity contribution is -0.113. The Labute approximate surface area is 145 Å². The van der Waals surface area contributed by atoms with Gasteiger partial charge in [-0.2, -0.15) is 4.99 Å². The molecule has 7 heteroatoms. The maximum absolute atomic E-state index is 12.1. The highest BCUT2D eigenvalue weighted by Crippen LogP contribution is 2.30. The predicted octanol–water partition coefficient (Wildman–Crippen LogP) is 2.93. The van der Waals surface area contributed by atoms with Crippen molar-refractivity contribution >= 4 is 40.7 Å². The Morgan fingerprint density at radius 1 is 1.30 bits per heavy atom. The van der Waals surface area contributed by atoms with E-state index in [9.17, 15) is 4.79 Å². The molecule has 2 rings (SSSR count). The van der Waals surface area contributed by atoms with Gasteiger partial charge in [-0.15, -0.1) is 11.8 Å². The molecular formula is C16H20N2O3S2. The van der Waals surface area contributed by atoms with Crippen molar-refractivity contribution in [3.63, 3.8) is 0 Å². The summed E-state index contributed by atoms with van der Waals surface area (Å²) < 4.78 is 10.3. The molecule has 0 N–H and O–H groups in total. The predicted molar refractivity (Wildman–Crippen MR) is 96.7 cm³/mol. The molecule has 23 heavy (non-hydrogen) atoms. The topological polar surface area (TPSA) is 51.1 Å². The third-order valence-electron chi connectivity index (χ3n) is 3.30. The Bertz CT molecular complexity index is 610. The van der Waals surface area contributed by atoms with Gasteiger partial charge in [0, 0.05) is 26.2 Å². The SMILES string of the molecule is COC(CN(C)C1=NC(=O)/C(=C\c2ccc(SC)cc2)S1)OC. The van der Waals surface area contributed by atoms with Crippen LogP contribution in [0.5, 0.6) is 0 Å². The molecule has 0 spiro atoms. The van der Waals surface area contributed by atoms with E-state index < -0.39 is 0 Å². The Morgan fingerprint density at radius 2 is 1.96 bits per heavy atom. The van der Waals surface area contributed by atoms with Crippen LogP contribution < -0.4 is 0 Å². The molecule has 0 aromatic heterocycles. The molecule has 1 aliphatic heterocycles. The Morgan fingerprint density at radius 3 is 2.52 bits per heavy atom. The Kier molecular flexibility index (Phi) is 6.71. The Balaban J connectivity index is 2.05. The minimum atomic E-state index is -0.356. The summed E-state index contributed by atoms with van der Waals surface area (Å²) in [4.78, 5) is 19.8. The van der Waals surface area contributed by atoms with E-state index in [2.05, 4.69) is 4.99 Å². The highest BCUT2D eigenvalue weighted by atomic mass is 32.2. The average Bonchev–Trinajstić information content (AvgIpc) is 2.94. The number of hydrogen-bond acceptors (Lipinski definition) is 6. The number of carbonyl (C=O) groups excluding carboxylic acids is 1. The third-order valence-corrected chi connectivity index (χ3v) is 5.14. The van der Waals surface area contributed by atoms with Crippen LogP contribution in [-0.2, 0) is 14.3 Å². The summed E-state index contributed by atoms with van der Waals surface area (Å²) in [6.45, 7) is 0.502. The van der Waals surface area contributed by atoms with Crippen molar-refractivity contribution < 1.29 is 14.3 Å². The van der Waals surface area contributed by atoms with Crippen LogP contribution in [0.25, 0.3) is 6.08 Å². The van der Waals surface area contributed by atoms with Crippen LogP contribution in [0.3, 0.4) is 0 Å². The van der Waals surface area contributed by atoms with E-state index in [1.807, 2.05) is 48.5 Å². The first kappa shape index (κ1) is 18.1. The van der Waals surface area contributed by atoms with Gasteiger partial charge in [0.15, 0.2) is 11.5 Å². The summed E-state index contributed by atoms with van der Waals surface area (Å²) in [5, 5.41) is 0.654. The summed E-state index contributed by atoms with van der Waals surface area (Å²) >= 11 is 3.05. The van der Waals surface area contributed by atoms with Gasteiger partial charge in [0.2, 0.25) is 0 Å². The van der Waals surface area contributed by atoms with Crippen molar-refractivity contribution in [3.8, 4) is 0 Å². The minimum Gasteiger partial charge on any atom is -0.354 e. The van der Waals surface area contributed by atoms with Crippen LogP contribution in [0, 0.1) is 0 Å². The number of likely N-dealkylation sites (N-methyl/N-ethyl adjacent to an activating group) is 1. The first-order valence-electron chi connectivity index (χ1n) is 7.00. The summed E-state index contributed by atoms with van der Waals surface area (Å²) in [6, 6.07) is 8.08. The third kappa shape index (κ3) is 4.84. The largest absolute Gasteiger partial charge is 0.354 e. The highest BCUT2D eigenvalue weighted by molar-refractivity contribution is 8.18. The number of rotatable bonds is 6. The molecule has 0 radical (unpaired) electrons. The van der Waals surface area contributed by atoms with Gasteiger partial charge in [0.05, 0.1) is 11.4 Å². The van der Waals surface area contributed by atoms with Crippen LogP contribution in [0.15, 0.2) is 39.1 Å². The van der Waals surface area contributed by atoms with Crippen LogP contribution in [0.1, 0.15) is 5.56 Å². The number of nitrogens with zero attached hydrogens (tertiary/aromatic N) is 2. The monoisotopic (exact) mass is 352 g/mol. The average molecular weight is 352 g/mol. The van der Waals surface area contributed by atoms with Crippen molar-refractivity contribution in [2.45, 2.75) is 11.2 Å². The molecule has 1 aliphatic rings. The lowest BCUT2D eigenvalue weighted by Gasteiger charge is -2.22. The second kappa shape index (κ2) is 8.54. The Hall–Kier alpha value is -1.28. The van der Waals surface area contributed by atoms with E-state index in [1.54, 1.807) is 26.0 Å². The van der Waals surface area contributed by atoms with Crippen molar-refractivity contribution in [2.24, 2.45) is 4.99 Å². The van der Waals surface area contributed by atoms with E-state index in [-0.39, 0.29) is 12.2 Å². The number of amidine groups is 1. The van der Waals surface area contributed by atoms with Crippen molar-refractivity contribution in [2.75, 3.05) is 34.1 Å². The van der Waals surface area contributed by atoms with Gasteiger partial charge in [-0.3, -0.25) is 4.79 Å². The first-order valence-corrected chi connectivity index (χ1v) is 9.05. The standard InChI is InChI=1S/C16H20N2O3S2/c1-18(10-14(20-2)21-3)16-17-15(19)13(23-16)9-11-5-7-12(22-4)8-6-11/h5-9,14H,10H2,1-4H3/b13-9+. The number of thioether (sulfide) groups is 2. The van der Waals surface area contributed by atoms with Crippen LogP contribution in [-0.4, -0.2) is 56.3 Å². The molecule has 1 amide bonds. The second-order valence-corrected chi connectivity index (χ2v) is 6.75. The van der Waals surface area contributed by atoms with Gasteiger partial charge >= 0.3 is 0 Å². The zero-order valence-corrected chi connectivity index (χ0v) is 15.2. The van der Waals surface area contributed by atoms with Crippen LogP contribution >= 0.6 is 23.5 Å². The number of benzene rings is 1. The number of carbonyl (C=O) groups is 1. The fourth-order valence-corrected chi connectivity index (χ4v) is 3.25. The smallest absolute Gasteiger partial charge is 0.286 e. The number of aliphatic imine (C=N–C) groups is 1. The number of ether oxygens (including phenoxy) is 2. The van der Waals surface area contributed by atoms with Gasteiger partial charge < -0.3 is 14.4 Å². The first-order chi connectivity index (χ1) is 11.1. The van der Waals surface area contributed by atoms with Gasteiger partial charge in [0.25, 0.3) is 5.91 Å². The normalized spacial score (nSPS) is 16.3. The molecule has 1 aromatic rings. The maximum atomic E-state index is 12.1. The zero-order chi connectivity index (χ0) is 16.8. The van der Waals surface area contributed by atoms with E-state index in [0.717, 1.165) is 5.56 Å². The number of amides is 1. The van der Waals surface area contributed by atoms with Crippen molar-refractivity contribution in [3.05, 3.63) is 34.7 Å². The summed E-state index contributed by atoms with van der Waals surface area (Å²) in [6.07, 6.45) is 3.55. The number of hydrogen-bond donors (Lipinski definition) is 0. The summed E-state index contributed by atoms with van der Waals surface area (Å²) in [5.74, 6) is -0.211. The van der Waals surface area contributed by atoms with Gasteiger partial charge in [0.1, 0.15) is 0 Å². The lowest BCUT2D eigenvalue weighted by Crippen LogP contribution is -2.34.